The summed E-state index contributed by atoms with van der Waals surface area (Å²) in [7, 11) is 0. The van der Waals surface area contributed by atoms with Gasteiger partial charge in [-0.3, -0.25) is 10.1 Å². The molecular weight excluding hydrogens is 240 g/mol. The van der Waals surface area contributed by atoms with Crippen LogP contribution in [0, 0.1) is 10.1 Å². The summed E-state index contributed by atoms with van der Waals surface area (Å²) in [5, 5.41) is 29.1. The molecule has 1 aromatic carbocycles. The third-order valence-electron chi connectivity index (χ3n) is 2.93. The zero-order valence-corrected chi connectivity index (χ0v) is 9.44. The highest BCUT2D eigenvalue weighted by Gasteiger charge is 2.25. The van der Waals surface area contributed by atoms with Crippen LogP contribution in [0.2, 0.25) is 0 Å². The van der Waals surface area contributed by atoms with Crippen LogP contribution in [0.1, 0.15) is 16.8 Å². The fourth-order valence-electron chi connectivity index (χ4n) is 2.05. The van der Waals surface area contributed by atoms with Gasteiger partial charge < -0.3 is 15.1 Å². The number of nitrogens with zero attached hydrogens (tertiary/aromatic N) is 2. The van der Waals surface area contributed by atoms with Gasteiger partial charge in [-0.15, -0.1) is 0 Å². The predicted octanol–water partition coefficient (Wildman–Crippen LogP) is 0.864. The first kappa shape index (κ1) is 12.3. The fraction of sp³-hybridized carbons (Fsp3) is 0.364. The van der Waals surface area contributed by atoms with Crippen LogP contribution in [0.5, 0.6) is 0 Å². The molecule has 0 amide bonds. The van der Waals surface area contributed by atoms with E-state index in [1.165, 1.54) is 12.1 Å². The van der Waals surface area contributed by atoms with Crippen molar-refractivity contribution in [3.05, 3.63) is 33.9 Å². The molecule has 0 aromatic heterocycles. The number of β-amino-alcohol motifs (C(OH)–C–C–N with tert-alkyl or cyclic N) is 1. The molecule has 0 spiro atoms. The second-order valence-electron chi connectivity index (χ2n) is 4.15. The number of rotatable bonds is 3. The molecule has 0 bridgehead atoms. The minimum atomic E-state index is -1.21. The topological polar surface area (TPSA) is 104 Å². The lowest BCUT2D eigenvalue weighted by atomic mass is 10.1. The largest absolute Gasteiger partial charge is 0.478 e. The molecule has 2 N–H and O–H groups in total. The Kier molecular flexibility index (Phi) is 3.15. The molecule has 7 heteroatoms. The number of carboxylic acid groups (broad SMARTS) is 1. The number of aromatic carboxylic acids is 1. The summed E-state index contributed by atoms with van der Waals surface area (Å²) in [5.74, 6) is -1.21. The van der Waals surface area contributed by atoms with E-state index >= 15 is 0 Å². The predicted molar refractivity (Wildman–Crippen MR) is 62.9 cm³/mol. The molecule has 1 saturated heterocycles. The number of nitro benzene ring substituents is 1. The molecule has 96 valence electrons. The first-order chi connectivity index (χ1) is 8.49. The van der Waals surface area contributed by atoms with E-state index in [2.05, 4.69) is 0 Å². The normalized spacial score (nSPS) is 18.9. The highest BCUT2D eigenvalue weighted by Crippen LogP contribution is 2.28. The zero-order valence-electron chi connectivity index (χ0n) is 9.44. The van der Waals surface area contributed by atoms with E-state index in [1.54, 1.807) is 4.90 Å². The summed E-state index contributed by atoms with van der Waals surface area (Å²) < 4.78 is 0. The molecule has 1 unspecified atom stereocenters. The molecule has 1 heterocycles. The Hall–Kier alpha value is -2.15. The van der Waals surface area contributed by atoms with Gasteiger partial charge in [-0.05, 0) is 12.5 Å². The van der Waals surface area contributed by atoms with Crippen molar-refractivity contribution in [1.82, 2.24) is 0 Å². The molecule has 0 aliphatic carbocycles. The summed E-state index contributed by atoms with van der Waals surface area (Å²) in [5.41, 5.74) is 0.0406. The highest BCUT2D eigenvalue weighted by molar-refractivity contribution is 5.95. The molecule has 1 fully saturated rings. The van der Waals surface area contributed by atoms with Gasteiger partial charge in [-0.2, -0.15) is 0 Å². The fourth-order valence-corrected chi connectivity index (χ4v) is 2.05. The first-order valence-electron chi connectivity index (χ1n) is 5.44. The molecule has 1 atom stereocenters. The Balaban J connectivity index is 2.41. The maximum Gasteiger partial charge on any atom is 0.338 e. The van der Waals surface area contributed by atoms with Gasteiger partial charge in [0.25, 0.3) is 5.69 Å². The number of hydrogen-bond donors (Lipinski definition) is 2. The number of hydrogen-bond acceptors (Lipinski definition) is 5. The van der Waals surface area contributed by atoms with Gasteiger partial charge in [-0.1, -0.05) is 0 Å². The summed E-state index contributed by atoms with van der Waals surface area (Å²) in [6.45, 7) is 0.886. The van der Waals surface area contributed by atoms with Crippen LogP contribution >= 0.6 is 0 Å². The second-order valence-corrected chi connectivity index (χ2v) is 4.15. The maximum atomic E-state index is 11.1. The molecule has 7 nitrogen and oxygen atoms in total. The van der Waals surface area contributed by atoms with Crippen molar-refractivity contribution in [1.29, 1.82) is 0 Å². The third kappa shape index (κ3) is 2.25. The number of aliphatic hydroxyl groups is 1. The Bertz CT molecular complexity index is 502. The van der Waals surface area contributed by atoms with Crippen molar-refractivity contribution in [2.24, 2.45) is 0 Å². The quantitative estimate of drug-likeness (QED) is 0.610. The average molecular weight is 252 g/mol. The van der Waals surface area contributed by atoms with E-state index in [-0.39, 0.29) is 11.3 Å². The highest BCUT2D eigenvalue weighted by atomic mass is 16.6. The molecule has 2 rings (SSSR count). The Morgan fingerprint density at radius 1 is 1.50 bits per heavy atom. The molecule has 18 heavy (non-hydrogen) atoms. The van der Waals surface area contributed by atoms with Crippen molar-refractivity contribution < 1.29 is 19.9 Å². The minimum Gasteiger partial charge on any atom is -0.478 e. The lowest BCUT2D eigenvalue weighted by molar-refractivity contribution is -0.384. The van der Waals surface area contributed by atoms with Crippen LogP contribution in [-0.4, -0.2) is 40.3 Å². The molecule has 1 aliphatic heterocycles. The average Bonchev–Trinajstić information content (AvgIpc) is 2.74. The van der Waals surface area contributed by atoms with Gasteiger partial charge in [0, 0.05) is 25.2 Å². The van der Waals surface area contributed by atoms with Gasteiger partial charge in [0.1, 0.15) is 0 Å². The van der Waals surface area contributed by atoms with E-state index in [4.69, 9.17) is 5.11 Å². The van der Waals surface area contributed by atoms with Crippen molar-refractivity contribution in [3.63, 3.8) is 0 Å². The Morgan fingerprint density at radius 3 is 2.72 bits per heavy atom. The number of anilines is 1. The lowest BCUT2D eigenvalue weighted by Crippen LogP contribution is -2.23. The first-order valence-corrected chi connectivity index (χ1v) is 5.44. The van der Waals surface area contributed by atoms with Crippen LogP contribution < -0.4 is 4.90 Å². The van der Waals surface area contributed by atoms with Crippen LogP contribution in [0.3, 0.4) is 0 Å². The van der Waals surface area contributed by atoms with Crippen LogP contribution in [0.4, 0.5) is 11.4 Å². The monoisotopic (exact) mass is 252 g/mol. The number of non-ortho nitro benzene ring substituents is 1. The van der Waals surface area contributed by atoms with Gasteiger partial charge in [-0.25, -0.2) is 4.79 Å². The van der Waals surface area contributed by atoms with Gasteiger partial charge >= 0.3 is 5.97 Å². The van der Waals surface area contributed by atoms with Crippen molar-refractivity contribution >= 4 is 17.3 Å². The lowest BCUT2D eigenvalue weighted by Gasteiger charge is -2.19. The molecule has 1 aliphatic rings. The van der Waals surface area contributed by atoms with Crippen LogP contribution in [0.15, 0.2) is 18.2 Å². The molecule has 1 aromatic rings. The Morgan fingerprint density at radius 2 is 2.22 bits per heavy atom. The third-order valence-corrected chi connectivity index (χ3v) is 2.93. The number of nitro groups is 1. The zero-order chi connectivity index (χ0) is 13.3. The van der Waals surface area contributed by atoms with E-state index < -0.39 is 17.0 Å². The maximum absolute atomic E-state index is 11.1. The number of carboxylic acids is 1. The van der Waals surface area contributed by atoms with E-state index in [0.29, 0.717) is 25.2 Å². The van der Waals surface area contributed by atoms with Crippen molar-refractivity contribution in [2.45, 2.75) is 12.5 Å². The minimum absolute atomic E-state index is 0.113. The number of aliphatic hydroxyl groups excluding tert-OH is 1. The second kappa shape index (κ2) is 4.61. The van der Waals surface area contributed by atoms with Gasteiger partial charge in [0.15, 0.2) is 0 Å². The smallest absolute Gasteiger partial charge is 0.338 e. The summed E-state index contributed by atoms with van der Waals surface area (Å²) in [4.78, 5) is 22.8. The molecule has 0 radical (unpaired) electrons. The van der Waals surface area contributed by atoms with Gasteiger partial charge in [0.05, 0.1) is 22.3 Å². The van der Waals surface area contributed by atoms with Gasteiger partial charge in [0.2, 0.25) is 0 Å². The molecule has 0 saturated carbocycles. The van der Waals surface area contributed by atoms with E-state index in [9.17, 15) is 20.0 Å². The van der Waals surface area contributed by atoms with E-state index in [0.717, 1.165) is 6.07 Å². The number of carbonyl (C=O) groups is 1. The summed E-state index contributed by atoms with van der Waals surface area (Å²) in [6.07, 6.45) is 0.0811. The van der Waals surface area contributed by atoms with Crippen LogP contribution in [-0.2, 0) is 0 Å². The van der Waals surface area contributed by atoms with Crippen molar-refractivity contribution in [2.75, 3.05) is 18.0 Å². The van der Waals surface area contributed by atoms with E-state index in [1.807, 2.05) is 0 Å². The summed E-state index contributed by atoms with van der Waals surface area (Å²) in [6, 6.07) is 3.73. The standard InChI is InChI=1S/C11H12N2O5/c14-8-3-4-12(6-8)10-2-1-7(13(17)18)5-9(10)11(15)16/h1-2,5,8,14H,3-4,6H2,(H,15,16). The van der Waals surface area contributed by atoms with Crippen LogP contribution in [0.25, 0.3) is 0 Å². The summed E-state index contributed by atoms with van der Waals surface area (Å²) >= 11 is 0. The molecular formula is C11H12N2O5. The Labute approximate surface area is 102 Å². The van der Waals surface area contributed by atoms with Crippen molar-refractivity contribution in [3.8, 4) is 0 Å². The SMILES string of the molecule is O=C(O)c1cc([N+](=O)[O-])ccc1N1CCC(O)C1. The number of benzene rings is 1.